The highest BCUT2D eigenvalue weighted by molar-refractivity contribution is 5.22. The third kappa shape index (κ3) is 0.653. The van der Waals surface area contributed by atoms with Crippen LogP contribution in [0.2, 0.25) is 0 Å². The van der Waals surface area contributed by atoms with E-state index in [1.165, 1.54) is 5.57 Å². The third-order valence-corrected chi connectivity index (χ3v) is 2.05. The fraction of sp³-hybridized carbons (Fsp3) is 0.667. The van der Waals surface area contributed by atoms with Gasteiger partial charge in [-0.2, -0.15) is 0 Å². The van der Waals surface area contributed by atoms with Gasteiger partial charge >= 0.3 is 0 Å². The molecule has 0 aromatic heterocycles. The van der Waals surface area contributed by atoms with Crippen molar-refractivity contribution < 1.29 is 0 Å². The molecule has 3 nitrogen and oxygen atoms in total. The molecule has 2 atom stereocenters. The van der Waals surface area contributed by atoms with Gasteiger partial charge in [-0.15, -0.1) is 0 Å². The number of fused-ring (bicyclic) bond motifs is 1. The molecule has 9 heavy (non-hydrogen) atoms. The summed E-state index contributed by atoms with van der Waals surface area (Å²) in [5.41, 5.74) is 7.04. The lowest BCUT2D eigenvalue weighted by atomic mass is 10.1. The predicted molar refractivity (Wildman–Crippen MR) is 35.6 cm³/mol. The zero-order valence-electron chi connectivity index (χ0n) is 5.22. The van der Waals surface area contributed by atoms with Crippen LogP contribution < -0.4 is 16.4 Å². The first-order valence-corrected chi connectivity index (χ1v) is 3.30. The summed E-state index contributed by atoms with van der Waals surface area (Å²) >= 11 is 0. The van der Waals surface area contributed by atoms with Crippen molar-refractivity contribution >= 4 is 0 Å². The third-order valence-electron chi connectivity index (χ3n) is 2.05. The van der Waals surface area contributed by atoms with Gasteiger partial charge in [-0.1, -0.05) is 0 Å². The summed E-state index contributed by atoms with van der Waals surface area (Å²) in [4.78, 5) is 0. The van der Waals surface area contributed by atoms with Gasteiger partial charge in [0.1, 0.15) is 0 Å². The van der Waals surface area contributed by atoms with Crippen LogP contribution in [0.4, 0.5) is 0 Å². The molecule has 0 bridgehead atoms. The zero-order chi connectivity index (χ0) is 6.27. The molecule has 0 radical (unpaired) electrons. The number of hydrogen-bond donors (Lipinski definition) is 3. The van der Waals surface area contributed by atoms with E-state index >= 15 is 0 Å². The lowest BCUT2D eigenvalue weighted by Crippen LogP contribution is -2.32. The molecule has 0 aliphatic carbocycles. The number of nitrogens with one attached hydrogen (secondary N) is 2. The molecule has 0 spiro atoms. The van der Waals surface area contributed by atoms with Crippen molar-refractivity contribution in [1.29, 1.82) is 0 Å². The minimum atomic E-state index is 0.116. The van der Waals surface area contributed by atoms with Crippen molar-refractivity contribution in [3.63, 3.8) is 0 Å². The van der Waals surface area contributed by atoms with E-state index in [-0.39, 0.29) is 6.17 Å². The summed E-state index contributed by atoms with van der Waals surface area (Å²) in [6.45, 7) is 2.11. The SMILES string of the molecule is NC1NCC2CNC=C21. The van der Waals surface area contributed by atoms with Crippen LogP contribution in [0.3, 0.4) is 0 Å². The molecule has 50 valence electrons. The van der Waals surface area contributed by atoms with Crippen molar-refractivity contribution in [1.82, 2.24) is 10.6 Å². The summed E-state index contributed by atoms with van der Waals surface area (Å²) in [5.74, 6) is 0.667. The van der Waals surface area contributed by atoms with E-state index in [0.717, 1.165) is 13.1 Å². The van der Waals surface area contributed by atoms with Gasteiger partial charge in [0.2, 0.25) is 0 Å². The highest BCUT2D eigenvalue weighted by Crippen LogP contribution is 2.20. The summed E-state index contributed by atoms with van der Waals surface area (Å²) in [7, 11) is 0. The van der Waals surface area contributed by atoms with Crippen molar-refractivity contribution in [2.24, 2.45) is 11.7 Å². The highest BCUT2D eigenvalue weighted by Gasteiger charge is 2.29. The van der Waals surface area contributed by atoms with Crippen LogP contribution >= 0.6 is 0 Å². The van der Waals surface area contributed by atoms with Gasteiger partial charge in [0.05, 0.1) is 6.17 Å². The van der Waals surface area contributed by atoms with Crippen LogP contribution in [0, 0.1) is 5.92 Å². The van der Waals surface area contributed by atoms with Crippen LogP contribution in [0.15, 0.2) is 11.8 Å². The van der Waals surface area contributed by atoms with E-state index in [4.69, 9.17) is 5.73 Å². The first-order valence-electron chi connectivity index (χ1n) is 3.30. The molecular formula is C6H11N3. The average molecular weight is 125 g/mol. The Kier molecular flexibility index (Phi) is 1.00. The van der Waals surface area contributed by atoms with Crippen LogP contribution in [-0.4, -0.2) is 19.3 Å². The van der Waals surface area contributed by atoms with Crippen LogP contribution in [0.5, 0.6) is 0 Å². The molecule has 3 heteroatoms. The lowest BCUT2D eigenvalue weighted by molar-refractivity contribution is 0.630. The molecule has 1 fully saturated rings. The minimum absolute atomic E-state index is 0.116. The van der Waals surface area contributed by atoms with Gasteiger partial charge in [0.25, 0.3) is 0 Å². The lowest BCUT2D eigenvalue weighted by Gasteiger charge is -2.01. The van der Waals surface area contributed by atoms with Gasteiger partial charge in [-0.3, -0.25) is 5.32 Å². The van der Waals surface area contributed by atoms with Crippen LogP contribution in [0.1, 0.15) is 0 Å². The summed E-state index contributed by atoms with van der Waals surface area (Å²) in [5, 5.41) is 6.36. The van der Waals surface area contributed by atoms with E-state index in [1.54, 1.807) is 0 Å². The maximum atomic E-state index is 5.70. The summed E-state index contributed by atoms with van der Waals surface area (Å²) in [6.07, 6.45) is 2.15. The largest absolute Gasteiger partial charge is 0.390 e. The molecule has 2 aliphatic heterocycles. The zero-order valence-corrected chi connectivity index (χ0v) is 5.22. The molecule has 0 aromatic carbocycles. The van der Waals surface area contributed by atoms with Crippen molar-refractivity contribution in [2.45, 2.75) is 6.17 Å². The highest BCUT2D eigenvalue weighted by atomic mass is 15.1. The van der Waals surface area contributed by atoms with Crippen LogP contribution in [0.25, 0.3) is 0 Å². The smallest absolute Gasteiger partial charge is 0.0790 e. The van der Waals surface area contributed by atoms with Gasteiger partial charge in [-0.05, 0) is 11.8 Å². The van der Waals surface area contributed by atoms with Crippen molar-refractivity contribution in [3.05, 3.63) is 11.8 Å². The Bertz CT molecular complexity index is 152. The normalized spacial score (nSPS) is 39.9. The maximum absolute atomic E-state index is 5.70. The van der Waals surface area contributed by atoms with Crippen molar-refractivity contribution in [2.75, 3.05) is 13.1 Å². The van der Waals surface area contributed by atoms with Gasteiger partial charge in [-0.25, -0.2) is 0 Å². The van der Waals surface area contributed by atoms with E-state index in [0.29, 0.717) is 5.92 Å². The minimum Gasteiger partial charge on any atom is -0.390 e. The maximum Gasteiger partial charge on any atom is 0.0790 e. The Balaban J connectivity index is 2.22. The molecule has 0 amide bonds. The molecule has 1 saturated heterocycles. The Morgan fingerprint density at radius 3 is 3.22 bits per heavy atom. The van der Waals surface area contributed by atoms with Crippen molar-refractivity contribution in [3.8, 4) is 0 Å². The molecule has 2 heterocycles. The molecule has 2 unspecified atom stereocenters. The molecule has 4 N–H and O–H groups in total. The van der Waals surface area contributed by atoms with E-state index in [9.17, 15) is 0 Å². The summed E-state index contributed by atoms with van der Waals surface area (Å²) < 4.78 is 0. The second-order valence-corrected chi connectivity index (χ2v) is 2.64. The number of rotatable bonds is 0. The Hall–Kier alpha value is -0.540. The number of nitrogens with two attached hydrogens (primary N) is 1. The second-order valence-electron chi connectivity index (χ2n) is 2.64. The molecule has 2 aliphatic rings. The Labute approximate surface area is 54.3 Å². The standard InChI is InChI=1S/C6H11N3/c7-6-5-3-8-1-4(5)2-9-6/h3-4,6,8-9H,1-2,7H2. The molecule has 2 rings (SSSR count). The first kappa shape index (κ1) is 5.26. The fourth-order valence-corrected chi connectivity index (χ4v) is 1.48. The van der Waals surface area contributed by atoms with E-state index in [1.807, 2.05) is 6.20 Å². The molecule has 0 aromatic rings. The quantitative estimate of drug-likeness (QED) is 0.388. The van der Waals surface area contributed by atoms with Crippen LogP contribution in [-0.2, 0) is 0 Å². The second kappa shape index (κ2) is 1.72. The van der Waals surface area contributed by atoms with Gasteiger partial charge < -0.3 is 11.1 Å². The average Bonchev–Trinajstić information content (AvgIpc) is 2.35. The van der Waals surface area contributed by atoms with Gasteiger partial charge in [0.15, 0.2) is 0 Å². The van der Waals surface area contributed by atoms with Gasteiger partial charge in [0, 0.05) is 19.0 Å². The monoisotopic (exact) mass is 125 g/mol. The Morgan fingerprint density at radius 1 is 1.56 bits per heavy atom. The summed E-state index contributed by atoms with van der Waals surface area (Å²) in [6, 6.07) is 0. The van der Waals surface area contributed by atoms with E-state index < -0.39 is 0 Å². The molecular weight excluding hydrogens is 114 g/mol. The number of hydrogen-bond acceptors (Lipinski definition) is 3. The first-order chi connectivity index (χ1) is 4.38. The predicted octanol–water partition coefficient (Wildman–Crippen LogP) is -1.02. The Morgan fingerprint density at radius 2 is 2.44 bits per heavy atom. The topological polar surface area (TPSA) is 50.1 Å². The fourth-order valence-electron chi connectivity index (χ4n) is 1.48. The molecule has 0 saturated carbocycles. The van der Waals surface area contributed by atoms with E-state index in [2.05, 4.69) is 10.6 Å².